The van der Waals surface area contributed by atoms with Crippen LogP contribution in [0.2, 0.25) is 0 Å². The number of hydrogen-bond donors (Lipinski definition) is 1. The van der Waals surface area contributed by atoms with E-state index < -0.39 is 5.60 Å². The van der Waals surface area contributed by atoms with Gasteiger partial charge in [0, 0.05) is 6.42 Å². The van der Waals surface area contributed by atoms with Gasteiger partial charge in [0.25, 0.3) is 0 Å². The van der Waals surface area contributed by atoms with Crippen molar-refractivity contribution in [1.29, 1.82) is 0 Å². The van der Waals surface area contributed by atoms with Gasteiger partial charge in [-0.15, -0.1) is 0 Å². The molecule has 3 atom stereocenters. The molecule has 3 unspecified atom stereocenters. The molecule has 0 radical (unpaired) electrons. The standard InChI is InChI=1S/C18H26O/c1-13-5-7-14(8-6-13)11-18(19)16(2,3)15-9-10-17(18,4)12-15/h5-8,15,19H,9-12H2,1-4H3. The molecule has 1 aromatic carbocycles. The minimum Gasteiger partial charge on any atom is -0.388 e. The van der Waals surface area contributed by atoms with Gasteiger partial charge in [-0.2, -0.15) is 0 Å². The van der Waals surface area contributed by atoms with Crippen LogP contribution in [-0.2, 0) is 6.42 Å². The molecule has 2 fully saturated rings. The lowest BCUT2D eigenvalue weighted by molar-refractivity contribution is -0.141. The van der Waals surface area contributed by atoms with Crippen LogP contribution in [-0.4, -0.2) is 10.7 Å². The van der Waals surface area contributed by atoms with E-state index in [1.54, 1.807) is 0 Å². The number of fused-ring (bicyclic) bond motifs is 2. The number of aliphatic hydroxyl groups is 1. The maximum absolute atomic E-state index is 11.5. The Labute approximate surface area is 117 Å². The zero-order chi connectivity index (χ0) is 13.9. The average Bonchev–Trinajstić information content (AvgIpc) is 2.81. The lowest BCUT2D eigenvalue weighted by Gasteiger charge is -2.51. The normalized spacial score (nSPS) is 39.7. The molecule has 1 heteroatoms. The second-order valence-corrected chi connectivity index (χ2v) is 7.74. The van der Waals surface area contributed by atoms with Gasteiger partial charge >= 0.3 is 0 Å². The summed E-state index contributed by atoms with van der Waals surface area (Å²) >= 11 is 0. The van der Waals surface area contributed by atoms with Crippen LogP contribution < -0.4 is 0 Å². The number of aryl methyl sites for hydroxylation is 1. The summed E-state index contributed by atoms with van der Waals surface area (Å²) in [6.07, 6.45) is 4.47. The first-order valence-corrected chi connectivity index (χ1v) is 7.56. The molecule has 0 heterocycles. The quantitative estimate of drug-likeness (QED) is 0.846. The molecular formula is C18H26O. The topological polar surface area (TPSA) is 20.2 Å². The highest BCUT2D eigenvalue weighted by molar-refractivity contribution is 5.27. The highest BCUT2D eigenvalue weighted by Crippen LogP contribution is 2.68. The Hall–Kier alpha value is -0.820. The van der Waals surface area contributed by atoms with Crippen LogP contribution >= 0.6 is 0 Å². The molecule has 0 aliphatic heterocycles. The predicted octanol–water partition coefficient (Wildman–Crippen LogP) is 4.11. The van der Waals surface area contributed by atoms with Crippen LogP contribution in [0.4, 0.5) is 0 Å². The molecule has 2 saturated carbocycles. The molecule has 1 aromatic rings. The Morgan fingerprint density at radius 1 is 1.16 bits per heavy atom. The molecule has 0 aromatic heterocycles. The van der Waals surface area contributed by atoms with Crippen molar-refractivity contribution in [3.8, 4) is 0 Å². The second kappa shape index (κ2) is 3.85. The largest absolute Gasteiger partial charge is 0.388 e. The summed E-state index contributed by atoms with van der Waals surface area (Å²) in [7, 11) is 0. The summed E-state index contributed by atoms with van der Waals surface area (Å²) in [5.41, 5.74) is 2.14. The lowest BCUT2D eigenvalue weighted by atomic mass is 9.58. The zero-order valence-corrected chi connectivity index (χ0v) is 12.7. The van der Waals surface area contributed by atoms with Gasteiger partial charge in [0.1, 0.15) is 0 Å². The molecule has 2 aliphatic rings. The molecule has 0 spiro atoms. The van der Waals surface area contributed by atoms with Gasteiger partial charge in [0.05, 0.1) is 5.60 Å². The summed E-state index contributed by atoms with van der Waals surface area (Å²) in [5.74, 6) is 0.688. The summed E-state index contributed by atoms with van der Waals surface area (Å²) in [6, 6.07) is 8.67. The third-order valence-electron chi connectivity index (χ3n) is 6.41. The highest BCUT2D eigenvalue weighted by Gasteiger charge is 2.67. The van der Waals surface area contributed by atoms with Crippen LogP contribution in [0.25, 0.3) is 0 Å². The predicted molar refractivity (Wildman–Crippen MR) is 79.1 cm³/mol. The fourth-order valence-corrected chi connectivity index (χ4v) is 4.79. The molecule has 3 rings (SSSR count). The lowest BCUT2D eigenvalue weighted by Crippen LogP contribution is -2.55. The summed E-state index contributed by atoms with van der Waals surface area (Å²) < 4.78 is 0. The Morgan fingerprint density at radius 2 is 1.79 bits per heavy atom. The number of hydrogen-bond acceptors (Lipinski definition) is 1. The van der Waals surface area contributed by atoms with Crippen molar-refractivity contribution in [3.05, 3.63) is 35.4 Å². The van der Waals surface area contributed by atoms with Crippen molar-refractivity contribution in [3.63, 3.8) is 0 Å². The molecule has 0 amide bonds. The van der Waals surface area contributed by atoms with Crippen LogP contribution in [0.15, 0.2) is 24.3 Å². The molecule has 2 aliphatic carbocycles. The Morgan fingerprint density at radius 3 is 2.32 bits per heavy atom. The zero-order valence-electron chi connectivity index (χ0n) is 12.7. The summed E-state index contributed by atoms with van der Waals surface area (Å²) in [5, 5.41) is 11.5. The molecule has 104 valence electrons. The smallest absolute Gasteiger partial charge is 0.0794 e. The molecule has 1 nitrogen and oxygen atoms in total. The van der Waals surface area contributed by atoms with Gasteiger partial charge in [-0.25, -0.2) is 0 Å². The third-order valence-corrected chi connectivity index (χ3v) is 6.41. The van der Waals surface area contributed by atoms with Crippen LogP contribution in [0.3, 0.4) is 0 Å². The first-order chi connectivity index (χ1) is 8.78. The van der Waals surface area contributed by atoms with Crippen molar-refractivity contribution >= 4 is 0 Å². The van der Waals surface area contributed by atoms with Gasteiger partial charge < -0.3 is 5.11 Å². The molecule has 2 bridgehead atoms. The van der Waals surface area contributed by atoms with E-state index in [2.05, 4.69) is 52.0 Å². The van der Waals surface area contributed by atoms with E-state index in [4.69, 9.17) is 0 Å². The summed E-state index contributed by atoms with van der Waals surface area (Å²) in [6.45, 7) is 8.96. The van der Waals surface area contributed by atoms with Crippen molar-refractivity contribution in [2.24, 2.45) is 16.7 Å². The van der Waals surface area contributed by atoms with Crippen LogP contribution in [0.1, 0.15) is 51.2 Å². The first-order valence-electron chi connectivity index (χ1n) is 7.56. The minimum atomic E-state index is -0.557. The van der Waals surface area contributed by atoms with Crippen LogP contribution in [0, 0.1) is 23.7 Å². The van der Waals surface area contributed by atoms with Crippen molar-refractivity contribution in [2.75, 3.05) is 0 Å². The molecule has 1 N–H and O–H groups in total. The number of benzene rings is 1. The van der Waals surface area contributed by atoms with E-state index in [1.165, 1.54) is 30.4 Å². The summed E-state index contributed by atoms with van der Waals surface area (Å²) in [4.78, 5) is 0. The maximum Gasteiger partial charge on any atom is 0.0794 e. The van der Waals surface area contributed by atoms with Crippen molar-refractivity contribution in [1.82, 2.24) is 0 Å². The van der Waals surface area contributed by atoms with E-state index >= 15 is 0 Å². The second-order valence-electron chi connectivity index (χ2n) is 7.74. The van der Waals surface area contributed by atoms with Gasteiger partial charge in [-0.1, -0.05) is 50.6 Å². The third kappa shape index (κ3) is 1.64. The molecular weight excluding hydrogens is 232 g/mol. The molecule has 0 saturated heterocycles. The van der Waals surface area contributed by atoms with Crippen molar-refractivity contribution in [2.45, 2.75) is 59.0 Å². The Bertz CT molecular complexity index is 480. The van der Waals surface area contributed by atoms with Crippen molar-refractivity contribution < 1.29 is 5.11 Å². The van der Waals surface area contributed by atoms with Gasteiger partial charge in [0.15, 0.2) is 0 Å². The van der Waals surface area contributed by atoms with Gasteiger partial charge in [0.2, 0.25) is 0 Å². The number of rotatable bonds is 2. The van der Waals surface area contributed by atoms with E-state index in [9.17, 15) is 5.11 Å². The monoisotopic (exact) mass is 258 g/mol. The van der Waals surface area contributed by atoms with E-state index in [0.29, 0.717) is 5.92 Å². The Kier molecular flexibility index (Phi) is 2.67. The highest BCUT2D eigenvalue weighted by atomic mass is 16.3. The Balaban J connectivity index is 1.96. The fraction of sp³-hybridized carbons (Fsp3) is 0.667. The van der Waals surface area contributed by atoms with E-state index in [1.807, 2.05) is 0 Å². The fourth-order valence-electron chi connectivity index (χ4n) is 4.79. The van der Waals surface area contributed by atoms with E-state index in [-0.39, 0.29) is 10.8 Å². The first kappa shape index (κ1) is 13.2. The van der Waals surface area contributed by atoms with Gasteiger partial charge in [-0.3, -0.25) is 0 Å². The van der Waals surface area contributed by atoms with E-state index in [0.717, 1.165) is 6.42 Å². The van der Waals surface area contributed by atoms with Gasteiger partial charge in [-0.05, 0) is 48.5 Å². The average molecular weight is 258 g/mol. The molecule has 19 heavy (non-hydrogen) atoms. The van der Waals surface area contributed by atoms with Crippen LogP contribution in [0.5, 0.6) is 0 Å². The SMILES string of the molecule is Cc1ccc(CC2(O)C3(C)CCC(C3)C2(C)C)cc1. The maximum atomic E-state index is 11.5. The minimum absolute atomic E-state index is 0.0326.